The van der Waals surface area contributed by atoms with Gasteiger partial charge < -0.3 is 9.74 Å². The van der Waals surface area contributed by atoms with E-state index in [0.29, 0.717) is 6.54 Å². The summed E-state index contributed by atoms with van der Waals surface area (Å²) >= 11 is 0. The van der Waals surface area contributed by atoms with Crippen LogP contribution in [0.3, 0.4) is 0 Å². The van der Waals surface area contributed by atoms with Crippen LogP contribution in [-0.4, -0.2) is 19.0 Å². The summed E-state index contributed by atoms with van der Waals surface area (Å²) in [6.07, 6.45) is 0. The van der Waals surface area contributed by atoms with Gasteiger partial charge in [-0.05, 0) is 25.7 Å². The molecular weight excluding hydrogens is 160 g/mol. The van der Waals surface area contributed by atoms with E-state index in [1.807, 2.05) is 26.2 Å². The molecule has 0 heterocycles. The Hall–Kier alpha value is -1.33. The first kappa shape index (κ1) is 9.76. The van der Waals surface area contributed by atoms with Gasteiger partial charge in [0.1, 0.15) is 0 Å². The SMILES string of the molecule is [C-]#[N+]Cc1cccc(CN(C)C)c1. The van der Waals surface area contributed by atoms with Crippen molar-refractivity contribution in [3.8, 4) is 0 Å². The lowest BCUT2D eigenvalue weighted by molar-refractivity contribution is 0.402. The third kappa shape index (κ3) is 3.27. The summed E-state index contributed by atoms with van der Waals surface area (Å²) in [6.45, 7) is 8.19. The number of rotatable bonds is 3. The molecule has 68 valence electrons. The molecule has 0 N–H and O–H groups in total. The van der Waals surface area contributed by atoms with Gasteiger partial charge in [0.05, 0.1) is 0 Å². The molecule has 0 radical (unpaired) electrons. The van der Waals surface area contributed by atoms with E-state index in [1.54, 1.807) is 0 Å². The highest BCUT2D eigenvalue weighted by Crippen LogP contribution is 2.07. The fourth-order valence-corrected chi connectivity index (χ4v) is 1.28. The predicted molar refractivity (Wildman–Crippen MR) is 54.1 cm³/mol. The Kier molecular flexibility index (Phi) is 3.48. The van der Waals surface area contributed by atoms with Crippen molar-refractivity contribution in [1.82, 2.24) is 4.90 Å². The molecule has 0 amide bonds. The van der Waals surface area contributed by atoms with E-state index >= 15 is 0 Å². The molecule has 0 bridgehead atoms. The van der Waals surface area contributed by atoms with Gasteiger partial charge in [-0.2, -0.15) is 0 Å². The quantitative estimate of drug-likeness (QED) is 0.637. The zero-order valence-electron chi connectivity index (χ0n) is 8.12. The summed E-state index contributed by atoms with van der Waals surface area (Å²) in [5, 5.41) is 0. The normalized spacial score (nSPS) is 10.0. The summed E-state index contributed by atoms with van der Waals surface area (Å²) < 4.78 is 0. The lowest BCUT2D eigenvalue weighted by atomic mass is 10.1. The van der Waals surface area contributed by atoms with Crippen LogP contribution in [0.2, 0.25) is 0 Å². The van der Waals surface area contributed by atoms with Crippen molar-refractivity contribution in [2.75, 3.05) is 14.1 Å². The molecule has 1 aromatic carbocycles. The van der Waals surface area contributed by atoms with Crippen molar-refractivity contribution in [1.29, 1.82) is 0 Å². The third-order valence-corrected chi connectivity index (χ3v) is 1.75. The summed E-state index contributed by atoms with van der Waals surface area (Å²) in [6, 6.07) is 8.20. The van der Waals surface area contributed by atoms with E-state index < -0.39 is 0 Å². The topological polar surface area (TPSA) is 7.60 Å². The maximum atomic E-state index is 6.77. The van der Waals surface area contributed by atoms with Gasteiger partial charge in [0.15, 0.2) is 0 Å². The molecule has 1 aromatic rings. The van der Waals surface area contributed by atoms with Crippen molar-refractivity contribution in [3.63, 3.8) is 0 Å². The van der Waals surface area contributed by atoms with Gasteiger partial charge in [-0.1, -0.05) is 18.2 Å². The largest absolute Gasteiger partial charge is 0.312 e. The van der Waals surface area contributed by atoms with Crippen LogP contribution in [0.4, 0.5) is 0 Å². The van der Waals surface area contributed by atoms with Crippen LogP contribution in [0.25, 0.3) is 4.85 Å². The van der Waals surface area contributed by atoms with Crippen molar-refractivity contribution in [2.24, 2.45) is 0 Å². The number of hydrogen-bond acceptors (Lipinski definition) is 1. The molecule has 0 atom stereocenters. The molecule has 0 spiro atoms. The van der Waals surface area contributed by atoms with Gasteiger partial charge in [-0.25, -0.2) is 6.57 Å². The Morgan fingerprint density at radius 2 is 2.00 bits per heavy atom. The molecule has 0 saturated heterocycles. The predicted octanol–water partition coefficient (Wildman–Crippen LogP) is 2.17. The molecule has 0 saturated carbocycles. The summed E-state index contributed by atoms with van der Waals surface area (Å²) in [5.74, 6) is 0. The average molecular weight is 174 g/mol. The Labute approximate surface area is 79.6 Å². The van der Waals surface area contributed by atoms with Gasteiger partial charge in [-0.3, -0.25) is 0 Å². The highest BCUT2D eigenvalue weighted by molar-refractivity contribution is 5.24. The van der Waals surface area contributed by atoms with E-state index in [9.17, 15) is 0 Å². The van der Waals surface area contributed by atoms with E-state index in [4.69, 9.17) is 6.57 Å². The Bertz CT molecular complexity index is 310. The number of nitrogens with zero attached hydrogens (tertiary/aromatic N) is 2. The van der Waals surface area contributed by atoms with Crippen LogP contribution in [0.5, 0.6) is 0 Å². The molecule has 0 unspecified atom stereocenters. The highest BCUT2D eigenvalue weighted by Gasteiger charge is 1.98. The standard InChI is InChI=1S/C11H14N2/c1-12-8-10-5-4-6-11(7-10)9-13(2)3/h4-7H,8-9H2,2-3H3. The first-order chi connectivity index (χ1) is 6.22. The molecule has 0 aliphatic carbocycles. The van der Waals surface area contributed by atoms with Gasteiger partial charge >= 0.3 is 0 Å². The maximum Gasteiger partial charge on any atom is 0.239 e. The van der Waals surface area contributed by atoms with E-state index in [0.717, 1.165) is 12.1 Å². The zero-order chi connectivity index (χ0) is 9.68. The van der Waals surface area contributed by atoms with E-state index in [1.165, 1.54) is 5.56 Å². The minimum atomic E-state index is 0.487. The van der Waals surface area contributed by atoms with Crippen LogP contribution < -0.4 is 0 Å². The van der Waals surface area contributed by atoms with E-state index in [-0.39, 0.29) is 0 Å². The number of hydrogen-bond donors (Lipinski definition) is 0. The lowest BCUT2D eigenvalue weighted by Crippen LogP contribution is -2.10. The molecular formula is C11H14N2. The average Bonchev–Trinajstić information content (AvgIpc) is 2.04. The van der Waals surface area contributed by atoms with Crippen LogP contribution in [0.15, 0.2) is 24.3 Å². The molecule has 1 rings (SSSR count). The summed E-state index contributed by atoms with van der Waals surface area (Å²) in [5.41, 5.74) is 2.38. The minimum absolute atomic E-state index is 0.487. The van der Waals surface area contributed by atoms with Crippen molar-refractivity contribution < 1.29 is 0 Å². The Morgan fingerprint density at radius 1 is 1.31 bits per heavy atom. The second-order valence-corrected chi connectivity index (χ2v) is 3.37. The highest BCUT2D eigenvalue weighted by atomic mass is 15.0. The second kappa shape index (κ2) is 4.64. The molecule has 0 aromatic heterocycles. The fraction of sp³-hybridized carbons (Fsp3) is 0.364. The van der Waals surface area contributed by atoms with Gasteiger partial charge in [-0.15, -0.1) is 0 Å². The zero-order valence-corrected chi connectivity index (χ0v) is 8.12. The van der Waals surface area contributed by atoms with Gasteiger partial charge in [0.25, 0.3) is 0 Å². The van der Waals surface area contributed by atoms with Crippen molar-refractivity contribution >= 4 is 0 Å². The minimum Gasteiger partial charge on any atom is -0.312 e. The van der Waals surface area contributed by atoms with Gasteiger partial charge in [0.2, 0.25) is 6.54 Å². The van der Waals surface area contributed by atoms with Crippen LogP contribution >= 0.6 is 0 Å². The third-order valence-electron chi connectivity index (χ3n) is 1.75. The first-order valence-electron chi connectivity index (χ1n) is 4.28. The molecule has 0 aliphatic heterocycles. The maximum absolute atomic E-state index is 6.77. The second-order valence-electron chi connectivity index (χ2n) is 3.37. The van der Waals surface area contributed by atoms with Crippen molar-refractivity contribution in [3.05, 3.63) is 46.8 Å². The molecule has 0 fully saturated rings. The van der Waals surface area contributed by atoms with Crippen molar-refractivity contribution in [2.45, 2.75) is 13.1 Å². The number of benzene rings is 1. The summed E-state index contributed by atoms with van der Waals surface area (Å²) in [4.78, 5) is 5.48. The molecule has 2 nitrogen and oxygen atoms in total. The van der Waals surface area contributed by atoms with Crippen LogP contribution in [0, 0.1) is 6.57 Å². The van der Waals surface area contributed by atoms with Crippen LogP contribution in [0.1, 0.15) is 11.1 Å². The first-order valence-corrected chi connectivity index (χ1v) is 4.28. The Balaban J connectivity index is 2.74. The summed E-state index contributed by atoms with van der Waals surface area (Å²) in [7, 11) is 4.09. The Morgan fingerprint density at radius 3 is 2.62 bits per heavy atom. The molecule has 13 heavy (non-hydrogen) atoms. The van der Waals surface area contributed by atoms with Crippen LogP contribution in [-0.2, 0) is 13.1 Å². The molecule has 2 heteroatoms. The fourth-order valence-electron chi connectivity index (χ4n) is 1.28. The van der Waals surface area contributed by atoms with Gasteiger partial charge in [0, 0.05) is 12.1 Å². The monoisotopic (exact) mass is 174 g/mol. The molecule has 0 aliphatic rings. The van der Waals surface area contributed by atoms with E-state index in [2.05, 4.69) is 21.9 Å². The lowest BCUT2D eigenvalue weighted by Gasteiger charge is -2.09. The smallest absolute Gasteiger partial charge is 0.239 e.